The van der Waals surface area contributed by atoms with Gasteiger partial charge in [-0.1, -0.05) is 29.8 Å². The highest BCUT2D eigenvalue weighted by Crippen LogP contribution is 2.35. The molecule has 8 heteroatoms. The molecule has 7 nitrogen and oxygen atoms in total. The molecule has 4 rings (SSSR count). The van der Waals surface area contributed by atoms with Gasteiger partial charge >= 0.3 is 5.97 Å². The summed E-state index contributed by atoms with van der Waals surface area (Å²) in [6.07, 6.45) is 4.74. The lowest BCUT2D eigenvalue weighted by Crippen LogP contribution is -2.34. The number of nitrogens with one attached hydrogen (secondary N) is 1. The van der Waals surface area contributed by atoms with Crippen molar-refractivity contribution in [2.24, 2.45) is 11.8 Å². The van der Waals surface area contributed by atoms with E-state index < -0.39 is 17.7 Å². The summed E-state index contributed by atoms with van der Waals surface area (Å²) in [4.78, 5) is 22.1. The summed E-state index contributed by atoms with van der Waals surface area (Å²) in [6, 6.07) is 8.45. The first kappa shape index (κ1) is 21.5. The van der Waals surface area contributed by atoms with Crippen LogP contribution in [0.3, 0.4) is 0 Å². The number of carbonyl (C=O) groups is 1. The summed E-state index contributed by atoms with van der Waals surface area (Å²) >= 11 is 0. The molecule has 31 heavy (non-hydrogen) atoms. The van der Waals surface area contributed by atoms with Gasteiger partial charge in [0.2, 0.25) is 5.82 Å². The molecule has 0 bridgehead atoms. The first-order valence-corrected chi connectivity index (χ1v) is 10.9. The number of anilines is 2. The van der Waals surface area contributed by atoms with Crippen LogP contribution in [0.4, 0.5) is 16.0 Å². The molecule has 1 aromatic carbocycles. The molecule has 2 fully saturated rings. The Balaban J connectivity index is 1.49. The van der Waals surface area contributed by atoms with Crippen molar-refractivity contribution in [3.05, 3.63) is 47.5 Å². The number of rotatable bonds is 9. The van der Waals surface area contributed by atoms with Gasteiger partial charge in [-0.05, 0) is 44.1 Å². The van der Waals surface area contributed by atoms with Crippen LogP contribution in [-0.2, 0) is 16.1 Å². The molecule has 1 saturated carbocycles. The first-order valence-electron chi connectivity index (χ1n) is 10.9. The maximum Gasteiger partial charge on any atom is 0.308 e. The van der Waals surface area contributed by atoms with Crippen molar-refractivity contribution in [1.82, 2.24) is 9.97 Å². The van der Waals surface area contributed by atoms with Gasteiger partial charge < -0.3 is 20.1 Å². The van der Waals surface area contributed by atoms with Crippen molar-refractivity contribution in [2.45, 2.75) is 45.2 Å². The second-order valence-corrected chi connectivity index (χ2v) is 8.48. The Labute approximate surface area is 181 Å². The van der Waals surface area contributed by atoms with Gasteiger partial charge in [0.25, 0.3) is 0 Å². The van der Waals surface area contributed by atoms with E-state index in [1.807, 2.05) is 36.1 Å². The molecular formula is C23H29FN4O3. The monoisotopic (exact) mass is 428 g/mol. The van der Waals surface area contributed by atoms with Gasteiger partial charge in [0.05, 0.1) is 5.92 Å². The van der Waals surface area contributed by atoms with E-state index in [2.05, 4.69) is 15.3 Å². The van der Waals surface area contributed by atoms with Gasteiger partial charge in [-0.3, -0.25) is 4.79 Å². The smallest absolute Gasteiger partial charge is 0.308 e. The van der Waals surface area contributed by atoms with Crippen LogP contribution >= 0.6 is 0 Å². The van der Waals surface area contributed by atoms with E-state index in [1.165, 1.54) is 11.9 Å². The Morgan fingerprint density at radius 1 is 1.23 bits per heavy atom. The van der Waals surface area contributed by atoms with E-state index in [0.29, 0.717) is 32.6 Å². The zero-order valence-electron chi connectivity index (χ0n) is 17.8. The standard InChI is InChI=1S/C23H29FN4O3/c1-15-2-4-16(5-3-15)13-28(18-6-7-18)22-20(24)21(26-14-27-22)25-12-19(23(29)30)17-8-10-31-11-9-17/h2-5,14,17-19H,6-13H2,1H3,(H,29,30)(H,25,26,27). The normalized spacial score (nSPS) is 17.9. The minimum atomic E-state index is -0.881. The quantitative estimate of drug-likeness (QED) is 0.631. The molecule has 1 unspecified atom stereocenters. The summed E-state index contributed by atoms with van der Waals surface area (Å²) in [5.41, 5.74) is 2.27. The van der Waals surface area contributed by atoms with Crippen LogP contribution in [0.15, 0.2) is 30.6 Å². The van der Waals surface area contributed by atoms with E-state index in [1.54, 1.807) is 0 Å². The van der Waals surface area contributed by atoms with Crippen LogP contribution in [0.2, 0.25) is 0 Å². The second kappa shape index (κ2) is 9.60. The average Bonchev–Trinajstić information content (AvgIpc) is 3.61. The summed E-state index contributed by atoms with van der Waals surface area (Å²) in [7, 11) is 0. The number of halogens is 1. The van der Waals surface area contributed by atoms with Crippen molar-refractivity contribution in [3.63, 3.8) is 0 Å². The summed E-state index contributed by atoms with van der Waals surface area (Å²) in [5, 5.41) is 12.6. The maximum absolute atomic E-state index is 15.4. The lowest BCUT2D eigenvalue weighted by molar-refractivity contribution is -0.144. The Kier molecular flexibility index (Phi) is 6.65. The fourth-order valence-corrected chi connectivity index (χ4v) is 4.12. The van der Waals surface area contributed by atoms with E-state index >= 15 is 4.39 Å². The number of carboxylic acid groups (broad SMARTS) is 1. The number of benzene rings is 1. The number of nitrogens with zero attached hydrogens (tertiary/aromatic N) is 3. The molecule has 0 amide bonds. The maximum atomic E-state index is 15.4. The van der Waals surface area contributed by atoms with E-state index in [-0.39, 0.29) is 30.1 Å². The van der Waals surface area contributed by atoms with Crippen LogP contribution in [-0.4, -0.2) is 46.8 Å². The number of ether oxygens (including phenoxy) is 1. The molecule has 1 saturated heterocycles. The number of aryl methyl sites for hydroxylation is 1. The molecule has 1 atom stereocenters. The molecule has 2 heterocycles. The fraction of sp³-hybridized carbons (Fsp3) is 0.522. The van der Waals surface area contributed by atoms with Gasteiger partial charge in [0, 0.05) is 32.3 Å². The third kappa shape index (κ3) is 5.31. The molecule has 0 spiro atoms. The first-order chi connectivity index (χ1) is 15.0. The molecule has 166 valence electrons. The predicted octanol–water partition coefficient (Wildman–Crippen LogP) is 3.63. The second-order valence-electron chi connectivity index (χ2n) is 8.48. The third-order valence-electron chi connectivity index (χ3n) is 6.15. The molecule has 0 radical (unpaired) electrons. The number of carboxylic acids is 1. The van der Waals surface area contributed by atoms with Crippen molar-refractivity contribution < 1.29 is 19.0 Å². The molecule has 2 aliphatic rings. The molecule has 2 aromatic rings. The van der Waals surface area contributed by atoms with Crippen molar-refractivity contribution in [1.29, 1.82) is 0 Å². The van der Waals surface area contributed by atoms with Crippen LogP contribution in [0.5, 0.6) is 0 Å². The van der Waals surface area contributed by atoms with E-state index in [4.69, 9.17) is 4.74 Å². The topological polar surface area (TPSA) is 87.6 Å². The Bertz CT molecular complexity index is 898. The number of hydrogen-bond donors (Lipinski definition) is 2. The van der Waals surface area contributed by atoms with Gasteiger partial charge in [-0.2, -0.15) is 4.39 Å². The van der Waals surface area contributed by atoms with Crippen molar-refractivity contribution in [3.8, 4) is 0 Å². The van der Waals surface area contributed by atoms with Gasteiger partial charge in [0.1, 0.15) is 6.33 Å². The number of aliphatic carboxylic acids is 1. The average molecular weight is 429 g/mol. The molecule has 1 aliphatic heterocycles. The summed E-state index contributed by atoms with van der Waals surface area (Å²) in [6.45, 7) is 3.85. The van der Waals surface area contributed by atoms with Gasteiger partial charge in [-0.15, -0.1) is 0 Å². The van der Waals surface area contributed by atoms with Gasteiger partial charge in [-0.25, -0.2) is 9.97 Å². The highest BCUT2D eigenvalue weighted by molar-refractivity contribution is 5.71. The molecule has 2 N–H and O–H groups in total. The van der Waals surface area contributed by atoms with E-state index in [9.17, 15) is 9.90 Å². The highest BCUT2D eigenvalue weighted by Gasteiger charge is 2.33. The highest BCUT2D eigenvalue weighted by atomic mass is 19.1. The van der Waals surface area contributed by atoms with Crippen molar-refractivity contribution in [2.75, 3.05) is 30.0 Å². The Morgan fingerprint density at radius 3 is 2.58 bits per heavy atom. The van der Waals surface area contributed by atoms with Gasteiger partial charge in [0.15, 0.2) is 11.6 Å². The van der Waals surface area contributed by atoms with E-state index in [0.717, 1.165) is 18.4 Å². The van der Waals surface area contributed by atoms with Crippen LogP contribution in [0.1, 0.15) is 36.8 Å². The van der Waals surface area contributed by atoms with Crippen LogP contribution < -0.4 is 10.2 Å². The zero-order chi connectivity index (χ0) is 21.8. The number of hydrogen-bond acceptors (Lipinski definition) is 6. The largest absolute Gasteiger partial charge is 0.481 e. The minimum absolute atomic E-state index is 0.00705. The third-order valence-corrected chi connectivity index (χ3v) is 6.15. The Hall–Kier alpha value is -2.74. The summed E-state index contributed by atoms with van der Waals surface area (Å²) in [5.74, 6) is -1.71. The van der Waals surface area contributed by atoms with Crippen molar-refractivity contribution >= 4 is 17.6 Å². The van der Waals surface area contributed by atoms with Crippen LogP contribution in [0.25, 0.3) is 0 Å². The molecular weight excluding hydrogens is 399 g/mol. The SMILES string of the molecule is Cc1ccc(CN(c2ncnc(NCC(C(=O)O)C3CCOCC3)c2F)C2CC2)cc1. The fourth-order valence-electron chi connectivity index (χ4n) is 4.12. The lowest BCUT2D eigenvalue weighted by Gasteiger charge is -2.28. The minimum Gasteiger partial charge on any atom is -0.481 e. The lowest BCUT2D eigenvalue weighted by atomic mass is 9.86. The zero-order valence-corrected chi connectivity index (χ0v) is 17.8. The Morgan fingerprint density at radius 2 is 1.94 bits per heavy atom. The number of aromatic nitrogens is 2. The van der Waals surface area contributed by atoms with Crippen LogP contribution in [0, 0.1) is 24.6 Å². The predicted molar refractivity (Wildman–Crippen MR) is 116 cm³/mol. The summed E-state index contributed by atoms with van der Waals surface area (Å²) < 4.78 is 20.7. The molecule has 1 aromatic heterocycles. The molecule has 1 aliphatic carbocycles.